The molecule has 1 aromatic rings. The van der Waals surface area contributed by atoms with Crippen LogP contribution in [0, 0.1) is 0 Å². The van der Waals surface area contributed by atoms with Crippen molar-refractivity contribution in [1.82, 2.24) is 0 Å². The molecular weight excluding hydrogens is 230 g/mol. The molecule has 4 nitrogen and oxygen atoms in total. The Hall–Kier alpha value is -2.10. The van der Waals surface area contributed by atoms with Crippen LogP contribution in [0.4, 0.5) is 5.69 Å². The molecule has 0 radical (unpaired) electrons. The average molecular weight is 247 g/mol. The van der Waals surface area contributed by atoms with Gasteiger partial charge in [0.15, 0.2) is 0 Å². The molecule has 0 amide bonds. The number of hydrogen-bond acceptors (Lipinski definition) is 4. The Morgan fingerprint density at radius 3 is 2.44 bits per heavy atom. The zero-order valence-corrected chi connectivity index (χ0v) is 10.8. The van der Waals surface area contributed by atoms with Gasteiger partial charge in [0.05, 0.1) is 12.8 Å². The Balaban J connectivity index is 2.90. The Bertz CT molecular complexity index is 468. The maximum absolute atomic E-state index is 11.3. The predicted octanol–water partition coefficient (Wildman–Crippen LogP) is 2.96. The maximum atomic E-state index is 11.3. The summed E-state index contributed by atoms with van der Waals surface area (Å²) in [4.78, 5) is 15.5. The summed E-state index contributed by atoms with van der Waals surface area (Å²) in [5.41, 5.74) is 1.99. The highest BCUT2D eigenvalue weighted by molar-refractivity contribution is 6.10. The van der Waals surface area contributed by atoms with Crippen LogP contribution in [0.2, 0.25) is 0 Å². The third kappa shape index (κ3) is 3.73. The lowest BCUT2D eigenvalue weighted by atomic mass is 10.1. The van der Waals surface area contributed by atoms with Crippen molar-refractivity contribution < 1.29 is 14.6 Å². The number of aryl methyl sites for hydroxylation is 1. The van der Waals surface area contributed by atoms with Crippen LogP contribution in [0.3, 0.4) is 0 Å². The fourth-order valence-electron chi connectivity index (χ4n) is 1.36. The fourth-order valence-corrected chi connectivity index (χ4v) is 1.36. The molecule has 0 spiro atoms. The van der Waals surface area contributed by atoms with Gasteiger partial charge in [-0.05, 0) is 31.0 Å². The molecule has 0 fully saturated rings. The molecule has 96 valence electrons. The van der Waals surface area contributed by atoms with E-state index >= 15 is 0 Å². The SMILES string of the molecule is CCc1ccc(N=C/C(C(=O)OC)=C(/C)O)cc1. The maximum Gasteiger partial charge on any atom is 0.342 e. The van der Waals surface area contributed by atoms with Gasteiger partial charge in [0.25, 0.3) is 0 Å². The molecular formula is C14H17NO3. The Kier molecular flexibility index (Phi) is 5.11. The first-order chi connectivity index (χ1) is 8.58. The summed E-state index contributed by atoms with van der Waals surface area (Å²) < 4.78 is 4.55. The van der Waals surface area contributed by atoms with Crippen molar-refractivity contribution in [3.8, 4) is 0 Å². The number of rotatable bonds is 4. The number of benzene rings is 1. The lowest BCUT2D eigenvalue weighted by Gasteiger charge is -2.01. The Morgan fingerprint density at radius 2 is 2.00 bits per heavy atom. The van der Waals surface area contributed by atoms with Crippen LogP contribution >= 0.6 is 0 Å². The number of aliphatic imine (C=N–C) groups is 1. The summed E-state index contributed by atoms with van der Waals surface area (Å²) in [5.74, 6) is -0.722. The zero-order valence-electron chi connectivity index (χ0n) is 10.8. The van der Waals surface area contributed by atoms with Crippen LogP contribution in [0.5, 0.6) is 0 Å². The second-order valence-electron chi connectivity index (χ2n) is 3.77. The van der Waals surface area contributed by atoms with E-state index in [2.05, 4.69) is 16.7 Å². The van der Waals surface area contributed by atoms with Crippen molar-refractivity contribution in [2.24, 2.45) is 4.99 Å². The van der Waals surface area contributed by atoms with E-state index in [1.165, 1.54) is 25.8 Å². The number of nitrogens with zero attached hydrogens (tertiary/aromatic N) is 1. The van der Waals surface area contributed by atoms with Gasteiger partial charge in [0.2, 0.25) is 0 Å². The van der Waals surface area contributed by atoms with Crippen LogP contribution < -0.4 is 0 Å². The van der Waals surface area contributed by atoms with E-state index in [0.29, 0.717) is 0 Å². The molecule has 0 aliphatic rings. The molecule has 1 aromatic carbocycles. The molecule has 18 heavy (non-hydrogen) atoms. The molecule has 0 aliphatic carbocycles. The number of hydrogen-bond donors (Lipinski definition) is 1. The normalized spacial score (nSPS) is 12.4. The van der Waals surface area contributed by atoms with E-state index in [9.17, 15) is 9.90 Å². The topological polar surface area (TPSA) is 58.9 Å². The minimum atomic E-state index is -0.607. The molecule has 0 unspecified atom stereocenters. The quantitative estimate of drug-likeness (QED) is 0.385. The largest absolute Gasteiger partial charge is 0.512 e. The van der Waals surface area contributed by atoms with E-state index in [4.69, 9.17) is 0 Å². The van der Waals surface area contributed by atoms with Gasteiger partial charge in [-0.25, -0.2) is 4.79 Å². The van der Waals surface area contributed by atoms with Crippen molar-refractivity contribution in [3.05, 3.63) is 41.2 Å². The highest BCUT2D eigenvalue weighted by atomic mass is 16.5. The molecule has 0 bridgehead atoms. The van der Waals surface area contributed by atoms with Gasteiger partial charge in [-0.1, -0.05) is 19.1 Å². The lowest BCUT2D eigenvalue weighted by molar-refractivity contribution is -0.135. The number of carbonyl (C=O) groups is 1. The van der Waals surface area contributed by atoms with Crippen LogP contribution in [0.1, 0.15) is 19.4 Å². The number of allylic oxidation sites excluding steroid dienone is 1. The van der Waals surface area contributed by atoms with Crippen LogP contribution in [-0.2, 0) is 16.0 Å². The minimum absolute atomic E-state index is 0.0528. The number of aliphatic hydroxyl groups is 1. The first-order valence-corrected chi connectivity index (χ1v) is 5.69. The van der Waals surface area contributed by atoms with Crippen molar-refractivity contribution in [2.45, 2.75) is 20.3 Å². The Morgan fingerprint density at radius 1 is 1.39 bits per heavy atom. The van der Waals surface area contributed by atoms with Crippen LogP contribution in [0.15, 0.2) is 40.6 Å². The van der Waals surface area contributed by atoms with E-state index < -0.39 is 5.97 Å². The third-order valence-electron chi connectivity index (χ3n) is 2.48. The molecule has 0 heterocycles. The third-order valence-corrected chi connectivity index (χ3v) is 2.48. The van der Waals surface area contributed by atoms with Gasteiger partial charge < -0.3 is 9.84 Å². The van der Waals surface area contributed by atoms with E-state index in [1.54, 1.807) is 0 Å². The average Bonchev–Trinajstić information content (AvgIpc) is 2.39. The van der Waals surface area contributed by atoms with Crippen molar-refractivity contribution in [2.75, 3.05) is 7.11 Å². The van der Waals surface area contributed by atoms with Gasteiger partial charge in [0, 0.05) is 6.21 Å². The van der Waals surface area contributed by atoms with Crippen molar-refractivity contribution in [1.29, 1.82) is 0 Å². The molecule has 1 rings (SSSR count). The summed E-state index contributed by atoms with van der Waals surface area (Å²) in [6.45, 7) is 3.49. The zero-order chi connectivity index (χ0) is 13.5. The second-order valence-corrected chi connectivity index (χ2v) is 3.77. The molecule has 1 N–H and O–H groups in total. The Labute approximate surface area is 107 Å². The van der Waals surface area contributed by atoms with Gasteiger partial charge in [-0.15, -0.1) is 0 Å². The summed E-state index contributed by atoms with van der Waals surface area (Å²) in [5, 5.41) is 9.36. The molecule has 0 saturated heterocycles. The number of esters is 1. The highest BCUT2D eigenvalue weighted by Crippen LogP contribution is 2.14. The van der Waals surface area contributed by atoms with Gasteiger partial charge in [-0.2, -0.15) is 0 Å². The van der Waals surface area contributed by atoms with E-state index in [-0.39, 0.29) is 11.3 Å². The monoisotopic (exact) mass is 247 g/mol. The van der Waals surface area contributed by atoms with Gasteiger partial charge in [-0.3, -0.25) is 4.99 Å². The summed E-state index contributed by atoms with van der Waals surface area (Å²) >= 11 is 0. The lowest BCUT2D eigenvalue weighted by Crippen LogP contribution is -2.08. The molecule has 0 saturated carbocycles. The number of carbonyl (C=O) groups excluding carboxylic acids is 1. The molecule has 4 heteroatoms. The first kappa shape index (κ1) is 14.0. The van der Waals surface area contributed by atoms with Crippen molar-refractivity contribution in [3.63, 3.8) is 0 Å². The van der Waals surface area contributed by atoms with Crippen LogP contribution in [0.25, 0.3) is 0 Å². The number of aliphatic hydroxyl groups excluding tert-OH is 1. The fraction of sp³-hybridized carbons (Fsp3) is 0.286. The highest BCUT2D eigenvalue weighted by Gasteiger charge is 2.10. The molecule has 0 aliphatic heterocycles. The molecule has 0 aromatic heterocycles. The van der Waals surface area contributed by atoms with E-state index in [1.807, 2.05) is 24.3 Å². The minimum Gasteiger partial charge on any atom is -0.512 e. The second kappa shape index (κ2) is 6.59. The summed E-state index contributed by atoms with van der Waals surface area (Å²) in [7, 11) is 1.26. The van der Waals surface area contributed by atoms with Gasteiger partial charge in [0.1, 0.15) is 11.3 Å². The van der Waals surface area contributed by atoms with Crippen molar-refractivity contribution >= 4 is 17.9 Å². The smallest absolute Gasteiger partial charge is 0.342 e. The van der Waals surface area contributed by atoms with E-state index in [0.717, 1.165) is 12.1 Å². The summed E-state index contributed by atoms with van der Waals surface area (Å²) in [6.07, 6.45) is 2.27. The number of ether oxygens (including phenoxy) is 1. The number of methoxy groups -OCH3 is 1. The molecule has 0 atom stereocenters. The standard InChI is InChI=1S/C14H17NO3/c1-4-11-5-7-12(8-6-11)15-9-13(10(2)16)14(17)18-3/h5-9,16H,4H2,1-3H3/b13-10+,15-9?. The van der Waals surface area contributed by atoms with Crippen LogP contribution in [-0.4, -0.2) is 24.4 Å². The summed E-state index contributed by atoms with van der Waals surface area (Å²) in [6, 6.07) is 7.66. The van der Waals surface area contributed by atoms with Gasteiger partial charge >= 0.3 is 5.97 Å². The predicted molar refractivity (Wildman–Crippen MR) is 71.3 cm³/mol. The first-order valence-electron chi connectivity index (χ1n) is 5.69.